The minimum absolute atomic E-state index is 0.384. The van der Waals surface area contributed by atoms with Crippen molar-refractivity contribution in [3.8, 4) is 22.4 Å². The number of nitrogens with zero attached hydrogens (tertiary/aromatic N) is 1. The zero-order chi connectivity index (χ0) is 15.0. The first-order valence-electron chi connectivity index (χ1n) is 7.87. The van der Waals surface area contributed by atoms with E-state index in [0.717, 1.165) is 5.69 Å². The molecule has 108 valence electrons. The van der Waals surface area contributed by atoms with E-state index in [1.165, 1.54) is 35.1 Å². The van der Waals surface area contributed by atoms with Crippen molar-refractivity contribution in [1.29, 1.82) is 0 Å². The van der Waals surface area contributed by atoms with Crippen molar-refractivity contribution in [1.82, 2.24) is 4.98 Å². The van der Waals surface area contributed by atoms with Crippen LogP contribution in [0.3, 0.4) is 0 Å². The highest BCUT2D eigenvalue weighted by molar-refractivity contribution is 5.71. The molecule has 3 aromatic rings. The number of rotatable bonds is 3. The van der Waals surface area contributed by atoms with E-state index in [0.29, 0.717) is 5.41 Å². The molecule has 0 unspecified atom stereocenters. The van der Waals surface area contributed by atoms with Crippen LogP contribution in [0.15, 0.2) is 72.9 Å². The Morgan fingerprint density at radius 2 is 1.50 bits per heavy atom. The highest BCUT2D eigenvalue weighted by Crippen LogP contribution is 2.47. The van der Waals surface area contributed by atoms with Gasteiger partial charge in [0.25, 0.3) is 0 Å². The summed E-state index contributed by atoms with van der Waals surface area (Å²) in [5, 5.41) is 0. The molecule has 0 radical (unpaired) electrons. The topological polar surface area (TPSA) is 12.9 Å². The lowest BCUT2D eigenvalue weighted by molar-refractivity contribution is 0.786. The molecule has 1 aromatic heterocycles. The summed E-state index contributed by atoms with van der Waals surface area (Å²) >= 11 is 0. The van der Waals surface area contributed by atoms with Gasteiger partial charge in [0, 0.05) is 11.8 Å². The summed E-state index contributed by atoms with van der Waals surface area (Å²) in [5.41, 5.74) is 6.55. The van der Waals surface area contributed by atoms with Crippen LogP contribution < -0.4 is 0 Å². The Bertz CT molecular complexity index is 801. The third-order valence-corrected chi connectivity index (χ3v) is 4.72. The Hall–Kier alpha value is -2.41. The minimum atomic E-state index is 0.384. The molecular formula is C21H19N. The van der Waals surface area contributed by atoms with Gasteiger partial charge in [-0.1, -0.05) is 55.5 Å². The number of pyridine rings is 1. The van der Waals surface area contributed by atoms with Crippen molar-refractivity contribution >= 4 is 0 Å². The highest BCUT2D eigenvalue weighted by Gasteiger charge is 2.39. The van der Waals surface area contributed by atoms with Crippen LogP contribution in [0.25, 0.3) is 22.4 Å². The largest absolute Gasteiger partial charge is 0.256 e. The van der Waals surface area contributed by atoms with E-state index in [2.05, 4.69) is 78.6 Å². The van der Waals surface area contributed by atoms with E-state index in [-0.39, 0.29) is 0 Å². The maximum Gasteiger partial charge on any atom is 0.0705 e. The maximum atomic E-state index is 4.59. The Morgan fingerprint density at radius 3 is 2.27 bits per heavy atom. The summed E-state index contributed by atoms with van der Waals surface area (Å²) in [6.07, 6.45) is 4.53. The lowest BCUT2D eigenvalue weighted by Crippen LogP contribution is -2.00. The first-order valence-corrected chi connectivity index (χ1v) is 7.87. The van der Waals surface area contributed by atoms with Gasteiger partial charge in [0.1, 0.15) is 0 Å². The number of hydrogen-bond donors (Lipinski definition) is 0. The molecule has 1 fully saturated rings. The molecule has 0 spiro atoms. The van der Waals surface area contributed by atoms with Crippen LogP contribution in [0.5, 0.6) is 0 Å². The Kier molecular flexibility index (Phi) is 3.07. The summed E-state index contributed by atoms with van der Waals surface area (Å²) in [6.45, 7) is 2.34. The molecule has 0 atom stereocenters. The van der Waals surface area contributed by atoms with Gasteiger partial charge in [-0.05, 0) is 53.1 Å². The van der Waals surface area contributed by atoms with Crippen molar-refractivity contribution in [2.75, 3.05) is 0 Å². The molecule has 1 nitrogen and oxygen atoms in total. The van der Waals surface area contributed by atoms with Crippen molar-refractivity contribution in [2.24, 2.45) is 0 Å². The predicted molar refractivity (Wildman–Crippen MR) is 91.7 cm³/mol. The average Bonchev–Trinajstić information content (AvgIpc) is 3.35. The number of aromatic nitrogens is 1. The molecule has 1 heteroatoms. The van der Waals surface area contributed by atoms with E-state index < -0.39 is 0 Å². The van der Waals surface area contributed by atoms with Crippen LogP contribution >= 0.6 is 0 Å². The Morgan fingerprint density at radius 1 is 0.773 bits per heavy atom. The molecule has 22 heavy (non-hydrogen) atoms. The summed E-state index contributed by atoms with van der Waals surface area (Å²) < 4.78 is 0. The van der Waals surface area contributed by atoms with Gasteiger partial charge < -0.3 is 0 Å². The molecule has 0 amide bonds. The van der Waals surface area contributed by atoms with Crippen LogP contribution in [0, 0.1) is 0 Å². The van der Waals surface area contributed by atoms with Crippen molar-refractivity contribution in [3.05, 3.63) is 78.5 Å². The van der Waals surface area contributed by atoms with E-state index >= 15 is 0 Å². The van der Waals surface area contributed by atoms with Gasteiger partial charge in [-0.2, -0.15) is 0 Å². The lowest BCUT2D eigenvalue weighted by Gasteiger charge is -2.11. The van der Waals surface area contributed by atoms with Crippen LogP contribution in [0.4, 0.5) is 0 Å². The molecule has 2 aromatic carbocycles. The zero-order valence-corrected chi connectivity index (χ0v) is 12.8. The number of hydrogen-bond acceptors (Lipinski definition) is 1. The smallest absolute Gasteiger partial charge is 0.0705 e. The second-order valence-corrected chi connectivity index (χ2v) is 6.44. The van der Waals surface area contributed by atoms with Crippen LogP contribution in [-0.2, 0) is 5.41 Å². The molecule has 1 heterocycles. The molecule has 0 N–H and O–H groups in total. The van der Waals surface area contributed by atoms with Crippen molar-refractivity contribution in [2.45, 2.75) is 25.2 Å². The highest BCUT2D eigenvalue weighted by atomic mass is 14.7. The van der Waals surface area contributed by atoms with Gasteiger partial charge in [0.05, 0.1) is 5.69 Å². The fourth-order valence-corrected chi connectivity index (χ4v) is 2.93. The Balaban J connectivity index is 1.74. The Labute approximate surface area is 131 Å². The van der Waals surface area contributed by atoms with Crippen molar-refractivity contribution in [3.63, 3.8) is 0 Å². The third kappa shape index (κ3) is 2.43. The quantitative estimate of drug-likeness (QED) is 0.622. The standard InChI is InChI=1S/C21H19N/c1-21(11-12-21)19-10-13-22-20(15-19)18-9-5-8-17(14-18)16-6-3-2-4-7-16/h2-10,13-15H,11-12H2,1H3. The lowest BCUT2D eigenvalue weighted by atomic mass is 9.96. The van der Waals surface area contributed by atoms with Gasteiger partial charge in [0.15, 0.2) is 0 Å². The molecule has 0 saturated heterocycles. The summed E-state index contributed by atoms with van der Waals surface area (Å²) in [6, 6.07) is 23.6. The molecule has 1 aliphatic rings. The maximum absolute atomic E-state index is 4.59. The third-order valence-electron chi connectivity index (χ3n) is 4.72. The summed E-state index contributed by atoms with van der Waals surface area (Å²) in [5.74, 6) is 0. The fourth-order valence-electron chi connectivity index (χ4n) is 2.93. The van der Waals surface area contributed by atoms with E-state index in [4.69, 9.17) is 0 Å². The molecule has 0 aliphatic heterocycles. The average molecular weight is 285 g/mol. The molecular weight excluding hydrogens is 266 g/mol. The molecule has 0 bridgehead atoms. The zero-order valence-electron chi connectivity index (χ0n) is 12.8. The monoisotopic (exact) mass is 285 g/mol. The van der Waals surface area contributed by atoms with E-state index in [1.807, 2.05) is 6.20 Å². The normalized spacial score (nSPS) is 15.5. The molecule has 1 aliphatic carbocycles. The van der Waals surface area contributed by atoms with Crippen LogP contribution in [0.2, 0.25) is 0 Å². The summed E-state index contributed by atoms with van der Waals surface area (Å²) in [4.78, 5) is 4.59. The molecule has 1 saturated carbocycles. The first-order chi connectivity index (χ1) is 10.7. The van der Waals surface area contributed by atoms with Gasteiger partial charge in [-0.15, -0.1) is 0 Å². The van der Waals surface area contributed by atoms with Gasteiger partial charge in [-0.25, -0.2) is 0 Å². The minimum Gasteiger partial charge on any atom is -0.256 e. The van der Waals surface area contributed by atoms with Crippen LogP contribution in [-0.4, -0.2) is 4.98 Å². The van der Waals surface area contributed by atoms with E-state index in [9.17, 15) is 0 Å². The SMILES string of the molecule is CC1(c2ccnc(-c3cccc(-c4ccccc4)c3)c2)CC1. The second-order valence-electron chi connectivity index (χ2n) is 6.44. The number of benzene rings is 2. The van der Waals surface area contributed by atoms with Crippen LogP contribution in [0.1, 0.15) is 25.3 Å². The van der Waals surface area contributed by atoms with E-state index in [1.54, 1.807) is 0 Å². The second kappa shape index (κ2) is 5.10. The first kappa shape index (κ1) is 13.3. The van der Waals surface area contributed by atoms with Gasteiger partial charge >= 0.3 is 0 Å². The summed E-state index contributed by atoms with van der Waals surface area (Å²) in [7, 11) is 0. The van der Waals surface area contributed by atoms with Crippen molar-refractivity contribution < 1.29 is 0 Å². The van der Waals surface area contributed by atoms with Gasteiger partial charge in [0.2, 0.25) is 0 Å². The predicted octanol–water partition coefficient (Wildman–Crippen LogP) is 5.47. The fraction of sp³-hybridized carbons (Fsp3) is 0.190. The van der Waals surface area contributed by atoms with Gasteiger partial charge in [-0.3, -0.25) is 4.98 Å². The molecule has 4 rings (SSSR count).